The van der Waals surface area contributed by atoms with E-state index >= 15 is 0 Å². The van der Waals surface area contributed by atoms with Crippen molar-refractivity contribution in [3.05, 3.63) is 34.4 Å². The molecule has 0 spiro atoms. The van der Waals surface area contributed by atoms with Crippen molar-refractivity contribution in [3.8, 4) is 0 Å². The van der Waals surface area contributed by atoms with Crippen LogP contribution in [0.15, 0.2) is 12.1 Å². The molecule has 17 heavy (non-hydrogen) atoms. The molecular formula is C14H20O3. The molecule has 94 valence electrons. The number of rotatable bonds is 3. The van der Waals surface area contributed by atoms with E-state index in [2.05, 4.69) is 4.74 Å². The van der Waals surface area contributed by atoms with Crippen molar-refractivity contribution in [2.45, 2.75) is 33.8 Å². The molecule has 0 aliphatic heterocycles. The van der Waals surface area contributed by atoms with Gasteiger partial charge in [-0.25, -0.2) is 0 Å². The van der Waals surface area contributed by atoms with Gasteiger partial charge in [0.2, 0.25) is 0 Å². The minimum atomic E-state index is -0.817. The van der Waals surface area contributed by atoms with Crippen molar-refractivity contribution in [3.63, 3.8) is 0 Å². The molecule has 0 saturated carbocycles. The topological polar surface area (TPSA) is 46.5 Å². The number of aliphatic hydroxyl groups excluding tert-OH is 1. The lowest BCUT2D eigenvalue weighted by Gasteiger charge is -2.21. The van der Waals surface area contributed by atoms with Crippen molar-refractivity contribution < 1.29 is 14.6 Å². The standard InChI is InChI=1S/C14H20O3/c1-8-6-9(2)12(10(3)7-8)13(15)11(4)14(16)17-5/h6-7,11,13,15H,1-5H3. The maximum atomic E-state index is 11.4. The highest BCUT2D eigenvalue weighted by atomic mass is 16.5. The van der Waals surface area contributed by atoms with E-state index in [1.165, 1.54) is 7.11 Å². The summed E-state index contributed by atoms with van der Waals surface area (Å²) in [7, 11) is 1.33. The molecule has 0 aromatic heterocycles. The molecule has 0 amide bonds. The van der Waals surface area contributed by atoms with Crippen molar-refractivity contribution >= 4 is 5.97 Å². The van der Waals surface area contributed by atoms with E-state index in [1.54, 1.807) is 6.92 Å². The van der Waals surface area contributed by atoms with Crippen molar-refractivity contribution in [1.29, 1.82) is 0 Å². The van der Waals surface area contributed by atoms with Crippen LogP contribution >= 0.6 is 0 Å². The Morgan fingerprint density at radius 3 is 2.12 bits per heavy atom. The molecule has 0 saturated heterocycles. The number of ether oxygens (including phenoxy) is 1. The van der Waals surface area contributed by atoms with Crippen molar-refractivity contribution in [2.24, 2.45) is 5.92 Å². The van der Waals surface area contributed by atoms with Gasteiger partial charge in [0.15, 0.2) is 0 Å². The molecule has 1 aromatic carbocycles. The highest BCUT2D eigenvalue weighted by Gasteiger charge is 2.26. The maximum Gasteiger partial charge on any atom is 0.311 e. The van der Waals surface area contributed by atoms with Gasteiger partial charge in [0.25, 0.3) is 0 Å². The van der Waals surface area contributed by atoms with Crippen molar-refractivity contribution in [1.82, 2.24) is 0 Å². The molecule has 0 aliphatic carbocycles. The Labute approximate surface area is 102 Å². The lowest BCUT2D eigenvalue weighted by atomic mass is 9.89. The molecule has 0 bridgehead atoms. The average molecular weight is 236 g/mol. The molecule has 1 N–H and O–H groups in total. The first-order chi connectivity index (χ1) is 7.88. The number of aryl methyl sites for hydroxylation is 3. The fraction of sp³-hybridized carbons (Fsp3) is 0.500. The quantitative estimate of drug-likeness (QED) is 0.820. The summed E-state index contributed by atoms with van der Waals surface area (Å²) in [5.41, 5.74) is 3.99. The van der Waals surface area contributed by atoms with E-state index in [0.717, 1.165) is 22.3 Å². The number of carbonyl (C=O) groups is 1. The van der Waals surface area contributed by atoms with Crippen molar-refractivity contribution in [2.75, 3.05) is 7.11 Å². The van der Waals surface area contributed by atoms with Gasteiger partial charge >= 0.3 is 5.97 Å². The summed E-state index contributed by atoms with van der Waals surface area (Å²) in [6, 6.07) is 4.02. The average Bonchev–Trinajstić information content (AvgIpc) is 2.25. The summed E-state index contributed by atoms with van der Waals surface area (Å²) in [5, 5.41) is 10.2. The van der Waals surface area contributed by atoms with E-state index in [9.17, 15) is 9.90 Å². The minimum Gasteiger partial charge on any atom is -0.469 e. The lowest BCUT2D eigenvalue weighted by Crippen LogP contribution is -2.22. The van der Waals surface area contributed by atoms with Gasteiger partial charge in [-0.3, -0.25) is 4.79 Å². The van der Waals surface area contributed by atoms with E-state index in [4.69, 9.17) is 0 Å². The Morgan fingerprint density at radius 2 is 1.71 bits per heavy atom. The third-order valence-corrected chi connectivity index (χ3v) is 3.08. The molecule has 3 nitrogen and oxygen atoms in total. The van der Waals surface area contributed by atoms with Crippen LogP contribution in [-0.2, 0) is 9.53 Å². The minimum absolute atomic E-state index is 0.392. The molecular weight excluding hydrogens is 216 g/mol. The summed E-state index contributed by atoms with van der Waals surface area (Å²) in [6.45, 7) is 7.58. The highest BCUT2D eigenvalue weighted by Crippen LogP contribution is 2.29. The number of hydrogen-bond donors (Lipinski definition) is 1. The van der Waals surface area contributed by atoms with Crippen LogP contribution in [-0.4, -0.2) is 18.2 Å². The van der Waals surface area contributed by atoms with E-state index in [1.807, 2.05) is 32.9 Å². The van der Waals surface area contributed by atoms with Gasteiger partial charge in [-0.15, -0.1) is 0 Å². The molecule has 0 aliphatic rings. The number of carbonyl (C=O) groups excluding carboxylic acids is 1. The summed E-state index contributed by atoms with van der Waals surface area (Å²) in [4.78, 5) is 11.4. The third kappa shape index (κ3) is 2.86. The predicted octanol–water partition coefficient (Wildman–Crippen LogP) is 2.45. The maximum absolute atomic E-state index is 11.4. The summed E-state index contributed by atoms with van der Waals surface area (Å²) >= 11 is 0. The fourth-order valence-electron chi connectivity index (χ4n) is 2.22. The molecule has 2 atom stereocenters. The first kappa shape index (κ1) is 13.7. The van der Waals surface area contributed by atoms with Crippen LogP contribution < -0.4 is 0 Å². The zero-order valence-electron chi connectivity index (χ0n) is 11.1. The molecule has 0 radical (unpaired) electrons. The SMILES string of the molecule is COC(=O)C(C)C(O)c1c(C)cc(C)cc1C. The second-order valence-electron chi connectivity index (χ2n) is 4.57. The number of esters is 1. The van der Waals surface area contributed by atoms with Gasteiger partial charge in [0, 0.05) is 0 Å². The zero-order chi connectivity index (χ0) is 13.2. The Balaban J connectivity index is 3.12. The Morgan fingerprint density at radius 1 is 1.24 bits per heavy atom. The molecule has 1 aromatic rings. The second kappa shape index (κ2) is 5.32. The van der Waals surface area contributed by atoms with Crippen LogP contribution in [0.25, 0.3) is 0 Å². The van der Waals surface area contributed by atoms with Crippen LogP contribution in [0.5, 0.6) is 0 Å². The second-order valence-corrected chi connectivity index (χ2v) is 4.57. The van der Waals surface area contributed by atoms with Gasteiger partial charge in [0.05, 0.1) is 19.1 Å². The Hall–Kier alpha value is -1.35. The van der Waals surface area contributed by atoms with Gasteiger partial charge in [-0.05, 0) is 44.4 Å². The molecule has 0 heterocycles. The van der Waals surface area contributed by atoms with Gasteiger partial charge in [-0.1, -0.05) is 17.7 Å². The van der Waals surface area contributed by atoms with Gasteiger partial charge < -0.3 is 9.84 Å². The zero-order valence-corrected chi connectivity index (χ0v) is 11.1. The Bertz CT molecular complexity index is 400. The van der Waals surface area contributed by atoms with Crippen LogP contribution in [0.2, 0.25) is 0 Å². The fourth-order valence-corrected chi connectivity index (χ4v) is 2.22. The highest BCUT2D eigenvalue weighted by molar-refractivity contribution is 5.73. The monoisotopic (exact) mass is 236 g/mol. The van der Waals surface area contributed by atoms with Gasteiger partial charge in [0.1, 0.15) is 0 Å². The number of aliphatic hydroxyl groups is 1. The summed E-state index contributed by atoms with van der Waals surface area (Å²) < 4.78 is 4.66. The Kier molecular flexibility index (Phi) is 4.29. The van der Waals surface area contributed by atoms with E-state index in [-0.39, 0.29) is 0 Å². The molecule has 3 heteroatoms. The first-order valence-electron chi connectivity index (χ1n) is 5.72. The van der Waals surface area contributed by atoms with Crippen LogP contribution in [0.3, 0.4) is 0 Å². The van der Waals surface area contributed by atoms with Crippen LogP contribution in [0, 0.1) is 26.7 Å². The van der Waals surface area contributed by atoms with Crippen LogP contribution in [0.1, 0.15) is 35.3 Å². The number of benzene rings is 1. The van der Waals surface area contributed by atoms with Gasteiger partial charge in [-0.2, -0.15) is 0 Å². The normalized spacial score (nSPS) is 14.2. The molecule has 1 rings (SSSR count). The third-order valence-electron chi connectivity index (χ3n) is 3.08. The molecule has 0 fully saturated rings. The number of hydrogen-bond acceptors (Lipinski definition) is 3. The summed E-state index contributed by atoms with van der Waals surface area (Å²) in [6.07, 6.45) is -0.817. The first-order valence-corrected chi connectivity index (χ1v) is 5.72. The van der Waals surface area contributed by atoms with Crippen LogP contribution in [0.4, 0.5) is 0 Å². The predicted molar refractivity (Wildman–Crippen MR) is 66.8 cm³/mol. The smallest absolute Gasteiger partial charge is 0.311 e. The number of methoxy groups -OCH3 is 1. The largest absolute Gasteiger partial charge is 0.469 e. The van der Waals surface area contributed by atoms with E-state index < -0.39 is 18.0 Å². The lowest BCUT2D eigenvalue weighted by molar-refractivity contribution is -0.148. The van der Waals surface area contributed by atoms with E-state index in [0.29, 0.717) is 0 Å². The summed E-state index contributed by atoms with van der Waals surface area (Å²) in [5.74, 6) is -0.947. The molecule has 2 unspecified atom stereocenters.